The molecule has 0 aliphatic rings. The molecule has 2 N–H and O–H groups in total. The van der Waals surface area contributed by atoms with Gasteiger partial charge in [0.15, 0.2) is 5.69 Å². The molecule has 0 unspecified atom stereocenters. The molecule has 60 valence electrons. The Kier molecular flexibility index (Phi) is 1.74. The van der Waals surface area contributed by atoms with E-state index in [-0.39, 0.29) is 10.8 Å². The molecule has 5 nitrogen and oxygen atoms in total. The van der Waals surface area contributed by atoms with Gasteiger partial charge in [-0.3, -0.25) is 9.55 Å². The maximum absolute atomic E-state index is 10.7. The van der Waals surface area contributed by atoms with Crippen LogP contribution in [0.4, 0.5) is 0 Å². The van der Waals surface area contributed by atoms with Crippen LogP contribution in [0.3, 0.4) is 0 Å². The van der Waals surface area contributed by atoms with E-state index in [4.69, 9.17) is 16.7 Å². The van der Waals surface area contributed by atoms with Crippen molar-refractivity contribution in [3.8, 4) is 0 Å². The second-order valence-corrected chi connectivity index (χ2v) is 2.33. The van der Waals surface area contributed by atoms with Crippen molar-refractivity contribution in [1.29, 1.82) is 0 Å². The van der Waals surface area contributed by atoms with Crippen molar-refractivity contribution in [2.45, 2.75) is 0 Å². The summed E-state index contributed by atoms with van der Waals surface area (Å²) in [4.78, 5) is 23.3. The van der Waals surface area contributed by atoms with Crippen molar-refractivity contribution >= 4 is 17.6 Å². The number of carboxylic acid groups (broad SMARTS) is 1. The summed E-state index contributed by atoms with van der Waals surface area (Å²) in [5.41, 5.74) is -0.760. The van der Waals surface area contributed by atoms with E-state index in [0.29, 0.717) is 0 Å². The second-order valence-electron chi connectivity index (χ2n) is 1.96. The fourth-order valence-corrected chi connectivity index (χ4v) is 1.01. The molecule has 6 heteroatoms. The van der Waals surface area contributed by atoms with E-state index < -0.39 is 11.7 Å². The summed E-state index contributed by atoms with van der Waals surface area (Å²) in [5.74, 6) is -1.23. The SMILES string of the molecule is Cn1c(C(=O)O)c(Cl)[nH]c1=O. The number of aromatic amines is 1. The molecule has 1 rings (SSSR count). The van der Waals surface area contributed by atoms with Crippen molar-refractivity contribution in [3.05, 3.63) is 21.3 Å². The largest absolute Gasteiger partial charge is 0.476 e. The van der Waals surface area contributed by atoms with Crippen LogP contribution in [0, 0.1) is 0 Å². The number of carbonyl (C=O) groups is 1. The topological polar surface area (TPSA) is 75.1 Å². The molecule has 0 saturated carbocycles. The van der Waals surface area contributed by atoms with E-state index in [1.54, 1.807) is 0 Å². The van der Waals surface area contributed by atoms with Crippen LogP contribution in [0.5, 0.6) is 0 Å². The number of hydrogen-bond donors (Lipinski definition) is 2. The molecule has 0 radical (unpaired) electrons. The maximum atomic E-state index is 10.7. The van der Waals surface area contributed by atoms with Crippen LogP contribution in [0.15, 0.2) is 4.79 Å². The Hall–Kier alpha value is -1.23. The van der Waals surface area contributed by atoms with Crippen molar-refractivity contribution in [1.82, 2.24) is 9.55 Å². The normalized spacial score (nSPS) is 10.0. The zero-order valence-electron chi connectivity index (χ0n) is 5.59. The first-order valence-electron chi connectivity index (χ1n) is 2.72. The van der Waals surface area contributed by atoms with Gasteiger partial charge in [0.2, 0.25) is 0 Å². The number of carboxylic acids is 1. The van der Waals surface area contributed by atoms with Gasteiger partial charge in [-0.2, -0.15) is 0 Å². The van der Waals surface area contributed by atoms with Crippen LogP contribution in [-0.4, -0.2) is 20.6 Å². The first-order chi connectivity index (χ1) is 5.04. The number of rotatable bonds is 1. The quantitative estimate of drug-likeness (QED) is 0.636. The molecule has 0 amide bonds. The molecule has 0 aliphatic carbocycles. The number of halogens is 1. The Morgan fingerprint density at radius 1 is 1.73 bits per heavy atom. The van der Waals surface area contributed by atoms with Gasteiger partial charge in [-0.25, -0.2) is 9.59 Å². The van der Waals surface area contributed by atoms with Crippen molar-refractivity contribution in [2.75, 3.05) is 0 Å². The van der Waals surface area contributed by atoms with Crippen LogP contribution >= 0.6 is 11.6 Å². The highest BCUT2D eigenvalue weighted by Crippen LogP contribution is 2.08. The van der Waals surface area contributed by atoms with Gasteiger partial charge in [0.25, 0.3) is 0 Å². The first-order valence-corrected chi connectivity index (χ1v) is 3.09. The average molecular weight is 177 g/mol. The Labute approximate surface area is 66.2 Å². The summed E-state index contributed by atoms with van der Waals surface area (Å²) in [6.45, 7) is 0. The number of nitrogens with one attached hydrogen (secondary N) is 1. The molecule has 0 saturated heterocycles. The lowest BCUT2D eigenvalue weighted by molar-refractivity contribution is 0.0686. The third kappa shape index (κ3) is 1.14. The summed E-state index contributed by atoms with van der Waals surface area (Å²) < 4.78 is 0.935. The van der Waals surface area contributed by atoms with Gasteiger partial charge in [0, 0.05) is 7.05 Å². The van der Waals surface area contributed by atoms with Gasteiger partial charge in [0.05, 0.1) is 0 Å². The number of aromatic carboxylic acids is 1. The lowest BCUT2D eigenvalue weighted by Crippen LogP contribution is -2.16. The minimum Gasteiger partial charge on any atom is -0.476 e. The number of nitrogens with zero attached hydrogens (tertiary/aromatic N) is 1. The van der Waals surface area contributed by atoms with Crippen molar-refractivity contribution < 1.29 is 9.90 Å². The highest BCUT2D eigenvalue weighted by Gasteiger charge is 2.15. The minimum absolute atomic E-state index is 0.148. The highest BCUT2D eigenvalue weighted by atomic mass is 35.5. The van der Waals surface area contributed by atoms with E-state index >= 15 is 0 Å². The lowest BCUT2D eigenvalue weighted by Gasteiger charge is -1.92. The third-order valence-corrected chi connectivity index (χ3v) is 1.54. The Balaban J connectivity index is 3.46. The molecule has 0 atom stereocenters. The van der Waals surface area contributed by atoms with Crippen LogP contribution < -0.4 is 5.69 Å². The van der Waals surface area contributed by atoms with Crippen LogP contribution in [0.1, 0.15) is 10.5 Å². The Bertz CT molecular complexity index is 351. The van der Waals surface area contributed by atoms with Gasteiger partial charge in [-0.15, -0.1) is 0 Å². The molecule has 1 heterocycles. The third-order valence-electron chi connectivity index (χ3n) is 1.27. The van der Waals surface area contributed by atoms with Gasteiger partial charge in [-0.05, 0) is 0 Å². The number of hydrogen-bond acceptors (Lipinski definition) is 2. The molecule has 1 aromatic heterocycles. The predicted molar refractivity (Wildman–Crippen MR) is 38.0 cm³/mol. The highest BCUT2D eigenvalue weighted by molar-refractivity contribution is 6.32. The lowest BCUT2D eigenvalue weighted by atomic mass is 10.5. The predicted octanol–water partition coefficient (Wildman–Crippen LogP) is 0.0650. The van der Waals surface area contributed by atoms with Crippen molar-refractivity contribution in [3.63, 3.8) is 0 Å². The van der Waals surface area contributed by atoms with E-state index in [1.807, 2.05) is 0 Å². The second kappa shape index (κ2) is 2.43. The molecular weight excluding hydrogens is 172 g/mol. The first kappa shape index (κ1) is 7.87. The number of aromatic nitrogens is 2. The van der Waals surface area contributed by atoms with Crippen LogP contribution in [0.2, 0.25) is 5.15 Å². The Morgan fingerprint density at radius 3 is 2.45 bits per heavy atom. The molecule has 1 aromatic rings. The standard InChI is InChI=1S/C5H5ClN2O3/c1-8-2(4(9)10)3(6)7-5(8)11/h1H3,(H,7,11)(H,9,10). The van der Waals surface area contributed by atoms with Crippen LogP contribution in [0.25, 0.3) is 0 Å². The monoisotopic (exact) mass is 176 g/mol. The van der Waals surface area contributed by atoms with Gasteiger partial charge >= 0.3 is 11.7 Å². The average Bonchev–Trinajstić information content (AvgIpc) is 2.07. The maximum Gasteiger partial charge on any atom is 0.355 e. The summed E-state index contributed by atoms with van der Waals surface area (Å²) in [5, 5.41) is 8.35. The molecule has 0 bridgehead atoms. The molecular formula is C5H5ClN2O3. The number of H-pyrrole nitrogens is 1. The fourth-order valence-electron chi connectivity index (χ4n) is 0.723. The van der Waals surface area contributed by atoms with Crippen LogP contribution in [-0.2, 0) is 7.05 Å². The molecule has 0 aromatic carbocycles. The fraction of sp³-hybridized carbons (Fsp3) is 0.200. The summed E-state index contributed by atoms with van der Waals surface area (Å²) >= 11 is 5.39. The number of imidazole rings is 1. The van der Waals surface area contributed by atoms with E-state index in [0.717, 1.165) is 4.57 Å². The van der Waals surface area contributed by atoms with Gasteiger partial charge in [0.1, 0.15) is 5.15 Å². The molecule has 11 heavy (non-hydrogen) atoms. The Morgan fingerprint density at radius 2 is 2.27 bits per heavy atom. The molecule has 0 spiro atoms. The van der Waals surface area contributed by atoms with E-state index in [1.165, 1.54) is 7.05 Å². The summed E-state index contributed by atoms with van der Waals surface area (Å²) in [7, 11) is 1.33. The molecule has 0 fully saturated rings. The zero-order chi connectivity index (χ0) is 8.59. The smallest absolute Gasteiger partial charge is 0.355 e. The zero-order valence-corrected chi connectivity index (χ0v) is 6.34. The summed E-state index contributed by atoms with van der Waals surface area (Å²) in [6, 6.07) is 0. The molecule has 0 aliphatic heterocycles. The van der Waals surface area contributed by atoms with Crippen molar-refractivity contribution in [2.24, 2.45) is 7.05 Å². The van der Waals surface area contributed by atoms with Gasteiger partial charge in [-0.1, -0.05) is 11.6 Å². The van der Waals surface area contributed by atoms with E-state index in [9.17, 15) is 9.59 Å². The minimum atomic E-state index is -1.23. The van der Waals surface area contributed by atoms with Gasteiger partial charge < -0.3 is 5.11 Å². The van der Waals surface area contributed by atoms with E-state index in [2.05, 4.69) is 4.98 Å². The summed E-state index contributed by atoms with van der Waals surface area (Å²) in [6.07, 6.45) is 0.